The zero-order chi connectivity index (χ0) is 19.7. The summed E-state index contributed by atoms with van der Waals surface area (Å²) in [5.74, 6) is -10.4. The molecule has 1 heterocycles. The van der Waals surface area contributed by atoms with E-state index in [1.54, 1.807) is 6.07 Å². The van der Waals surface area contributed by atoms with Gasteiger partial charge in [-0.1, -0.05) is 13.3 Å². The number of hydrogen-bond donors (Lipinski definition) is 1. The van der Waals surface area contributed by atoms with Crippen molar-refractivity contribution >= 4 is 23.5 Å². The minimum absolute atomic E-state index is 0.381. The van der Waals surface area contributed by atoms with Crippen LogP contribution >= 0.6 is 11.3 Å². The van der Waals surface area contributed by atoms with Crippen LogP contribution in [0.1, 0.15) is 45.4 Å². The van der Waals surface area contributed by atoms with Crippen LogP contribution in [0.5, 0.6) is 0 Å². The van der Waals surface area contributed by atoms with Crippen molar-refractivity contribution in [3.63, 3.8) is 0 Å². The summed E-state index contributed by atoms with van der Waals surface area (Å²) in [7, 11) is 0. The first-order valence-electron chi connectivity index (χ1n) is 8.29. The summed E-state index contributed by atoms with van der Waals surface area (Å²) in [6.07, 6.45) is 4.30. The average molecular weight is 402 g/mol. The Labute approximate surface area is 155 Å². The fourth-order valence-electron chi connectivity index (χ4n) is 3.01. The summed E-state index contributed by atoms with van der Waals surface area (Å²) in [6.45, 7) is 2.11. The summed E-state index contributed by atoms with van der Waals surface area (Å²) in [5, 5.41) is 3.34. The molecule has 0 saturated heterocycles. The Hall–Kier alpha value is -2.29. The molecule has 0 unspecified atom stereocenters. The van der Waals surface area contributed by atoms with Crippen LogP contribution in [0.3, 0.4) is 0 Å². The number of hydrogen-bond acceptors (Lipinski definition) is 3. The number of thiophene rings is 1. The first-order valence-corrected chi connectivity index (χ1v) is 9.11. The second-order valence-corrected chi connectivity index (χ2v) is 7.40. The van der Waals surface area contributed by atoms with Gasteiger partial charge in [-0.3, -0.25) is 4.79 Å². The van der Waals surface area contributed by atoms with E-state index in [0.717, 1.165) is 36.1 Å². The molecule has 3 rings (SSSR count). The minimum Gasteiger partial charge on any atom is -0.266 e. The van der Waals surface area contributed by atoms with Gasteiger partial charge in [0.2, 0.25) is 5.82 Å². The molecule has 9 heteroatoms. The van der Waals surface area contributed by atoms with Crippen LogP contribution in [-0.4, -0.2) is 12.1 Å². The van der Waals surface area contributed by atoms with Gasteiger partial charge >= 0.3 is 0 Å². The first kappa shape index (κ1) is 19.5. The molecule has 144 valence electrons. The number of amides is 1. The van der Waals surface area contributed by atoms with Crippen molar-refractivity contribution in [2.45, 2.75) is 32.6 Å². The number of rotatable bonds is 4. The standard InChI is InChI=1S/C18H15F5N2OS/c1-2-8-3-4-11-9(5-8)6-12(27-11)18(26)25-24-7-10-13(19)15(21)17(23)16(22)14(10)20/h6-8H,2-5H2,1H3,(H,25,26)/b24-7-/t8-/m0/s1. The highest BCUT2D eigenvalue weighted by atomic mass is 32.1. The molecular formula is C18H15F5N2OS. The highest BCUT2D eigenvalue weighted by Gasteiger charge is 2.25. The number of benzene rings is 1. The van der Waals surface area contributed by atoms with Crippen molar-refractivity contribution in [1.82, 2.24) is 5.43 Å². The lowest BCUT2D eigenvalue weighted by atomic mass is 9.87. The number of halogens is 5. The fraction of sp³-hybridized carbons (Fsp3) is 0.333. The van der Waals surface area contributed by atoms with E-state index in [1.807, 2.05) is 0 Å². The predicted molar refractivity (Wildman–Crippen MR) is 91.4 cm³/mol. The summed E-state index contributed by atoms with van der Waals surface area (Å²) < 4.78 is 66.4. The van der Waals surface area contributed by atoms with E-state index >= 15 is 0 Å². The van der Waals surface area contributed by atoms with Crippen molar-refractivity contribution in [3.8, 4) is 0 Å². The van der Waals surface area contributed by atoms with Crippen LogP contribution in [0.15, 0.2) is 11.2 Å². The quantitative estimate of drug-likeness (QED) is 0.260. The summed E-state index contributed by atoms with van der Waals surface area (Å²) in [6, 6.07) is 1.76. The molecule has 1 aliphatic rings. The lowest BCUT2D eigenvalue weighted by Crippen LogP contribution is -2.17. The van der Waals surface area contributed by atoms with Gasteiger partial charge in [0.05, 0.1) is 16.7 Å². The first-order chi connectivity index (χ1) is 12.8. The predicted octanol–water partition coefficient (Wildman–Crippen LogP) is 4.72. The zero-order valence-corrected chi connectivity index (χ0v) is 15.0. The van der Waals surface area contributed by atoms with E-state index in [1.165, 1.54) is 11.3 Å². The maximum absolute atomic E-state index is 13.6. The van der Waals surface area contributed by atoms with Crippen LogP contribution < -0.4 is 5.43 Å². The van der Waals surface area contributed by atoms with Gasteiger partial charge in [-0.25, -0.2) is 27.4 Å². The molecule has 0 bridgehead atoms. The summed E-state index contributed by atoms with van der Waals surface area (Å²) in [5.41, 5.74) is 1.94. The van der Waals surface area contributed by atoms with Gasteiger partial charge in [0.1, 0.15) is 0 Å². The second kappa shape index (κ2) is 7.75. The monoisotopic (exact) mass is 402 g/mol. The van der Waals surface area contributed by atoms with Gasteiger partial charge in [-0.2, -0.15) is 5.10 Å². The Kier molecular flexibility index (Phi) is 5.59. The molecule has 1 aromatic carbocycles. The van der Waals surface area contributed by atoms with Gasteiger partial charge in [0.15, 0.2) is 23.3 Å². The molecule has 1 aliphatic carbocycles. The number of carbonyl (C=O) groups excluding carboxylic acids is 1. The Morgan fingerprint density at radius 1 is 1.19 bits per heavy atom. The van der Waals surface area contributed by atoms with Crippen molar-refractivity contribution in [3.05, 3.63) is 56.0 Å². The largest absolute Gasteiger partial charge is 0.281 e. The molecule has 1 amide bonds. The van der Waals surface area contributed by atoms with E-state index in [-0.39, 0.29) is 0 Å². The zero-order valence-electron chi connectivity index (χ0n) is 14.2. The smallest absolute Gasteiger partial charge is 0.266 e. The number of nitrogens with zero attached hydrogens (tertiary/aromatic N) is 1. The molecule has 2 aromatic rings. The van der Waals surface area contributed by atoms with Crippen LogP contribution in [-0.2, 0) is 12.8 Å². The van der Waals surface area contributed by atoms with Gasteiger partial charge in [0.25, 0.3) is 5.91 Å². The Morgan fingerprint density at radius 3 is 2.44 bits per heavy atom. The van der Waals surface area contributed by atoms with E-state index in [4.69, 9.17) is 0 Å². The summed E-state index contributed by atoms with van der Waals surface area (Å²) in [4.78, 5) is 13.7. The van der Waals surface area contributed by atoms with Gasteiger partial charge < -0.3 is 0 Å². The van der Waals surface area contributed by atoms with Gasteiger partial charge in [-0.15, -0.1) is 11.3 Å². The minimum atomic E-state index is -2.25. The molecule has 0 fully saturated rings. The molecule has 0 saturated carbocycles. The molecule has 1 N–H and O–H groups in total. The van der Waals surface area contributed by atoms with Crippen LogP contribution in [0.25, 0.3) is 0 Å². The SMILES string of the molecule is CC[C@H]1CCc2sc(C(=O)N/N=C\c3c(F)c(F)c(F)c(F)c3F)cc2C1. The Morgan fingerprint density at radius 2 is 1.81 bits per heavy atom. The average Bonchev–Trinajstić information content (AvgIpc) is 3.10. The topological polar surface area (TPSA) is 41.5 Å². The van der Waals surface area contributed by atoms with E-state index in [0.29, 0.717) is 17.0 Å². The third kappa shape index (κ3) is 3.73. The molecule has 0 spiro atoms. The van der Waals surface area contributed by atoms with Crippen LogP contribution in [0.2, 0.25) is 0 Å². The molecular weight excluding hydrogens is 387 g/mol. The van der Waals surface area contributed by atoms with Gasteiger partial charge in [-0.05, 0) is 36.8 Å². The number of nitrogens with one attached hydrogen (secondary N) is 1. The van der Waals surface area contributed by atoms with Crippen molar-refractivity contribution < 1.29 is 26.7 Å². The van der Waals surface area contributed by atoms with Gasteiger partial charge in [0, 0.05) is 4.88 Å². The normalized spacial score (nSPS) is 16.6. The Bertz CT molecular complexity index is 896. The molecule has 27 heavy (non-hydrogen) atoms. The van der Waals surface area contributed by atoms with E-state index in [2.05, 4.69) is 17.5 Å². The highest BCUT2D eigenvalue weighted by Crippen LogP contribution is 2.33. The van der Waals surface area contributed by atoms with Crippen molar-refractivity contribution in [1.29, 1.82) is 0 Å². The lowest BCUT2D eigenvalue weighted by molar-refractivity contribution is 0.0959. The van der Waals surface area contributed by atoms with E-state index in [9.17, 15) is 26.7 Å². The lowest BCUT2D eigenvalue weighted by Gasteiger charge is -2.19. The summed E-state index contributed by atoms with van der Waals surface area (Å²) >= 11 is 1.31. The Balaban J connectivity index is 1.75. The second-order valence-electron chi connectivity index (χ2n) is 6.26. The number of aryl methyl sites for hydroxylation is 1. The molecule has 0 radical (unpaired) electrons. The number of carbonyl (C=O) groups is 1. The third-order valence-corrected chi connectivity index (χ3v) is 5.83. The van der Waals surface area contributed by atoms with Crippen molar-refractivity contribution in [2.75, 3.05) is 0 Å². The van der Waals surface area contributed by atoms with E-state index < -0.39 is 40.6 Å². The third-order valence-electron chi connectivity index (χ3n) is 4.59. The maximum Gasteiger partial charge on any atom is 0.281 e. The molecule has 1 atom stereocenters. The van der Waals surface area contributed by atoms with Crippen LogP contribution in [0, 0.1) is 35.0 Å². The fourth-order valence-corrected chi connectivity index (χ4v) is 4.10. The molecule has 3 nitrogen and oxygen atoms in total. The number of fused-ring (bicyclic) bond motifs is 1. The highest BCUT2D eigenvalue weighted by molar-refractivity contribution is 7.14. The maximum atomic E-state index is 13.6. The van der Waals surface area contributed by atoms with Crippen LogP contribution in [0.4, 0.5) is 22.0 Å². The molecule has 0 aliphatic heterocycles. The number of hydrazone groups is 1. The molecule has 1 aromatic heterocycles. The van der Waals surface area contributed by atoms with Crippen molar-refractivity contribution in [2.24, 2.45) is 11.0 Å².